The number of carbonyl (C=O) groups is 4. The molecule has 1 aliphatic heterocycles. The minimum Gasteiger partial charge on any atom is -0.478 e. The van der Waals surface area contributed by atoms with Crippen molar-refractivity contribution >= 4 is 46.4 Å². The average molecular weight is 923 g/mol. The third-order valence-corrected chi connectivity index (χ3v) is 14.4. The van der Waals surface area contributed by atoms with Crippen LogP contribution >= 0.6 is 22.7 Å². The van der Waals surface area contributed by atoms with Crippen molar-refractivity contribution in [1.29, 1.82) is 0 Å². The van der Waals surface area contributed by atoms with Gasteiger partial charge in [0.15, 0.2) is 0 Å². The number of hydrogen-bond donors (Lipinski definition) is 4. The van der Waals surface area contributed by atoms with Crippen molar-refractivity contribution in [1.82, 2.24) is 10.6 Å². The van der Waals surface area contributed by atoms with E-state index in [0.29, 0.717) is 63.1 Å². The Morgan fingerprint density at radius 1 is 0.712 bits per heavy atom. The third-order valence-electron chi connectivity index (χ3n) is 12.1. The van der Waals surface area contributed by atoms with E-state index in [1.165, 1.54) is 71.2 Å². The molecule has 66 heavy (non-hydrogen) atoms. The number of rotatable bonds is 10. The molecular formula is C53H44F2N2O7S2. The van der Waals surface area contributed by atoms with Gasteiger partial charge in [0.1, 0.15) is 11.6 Å². The highest BCUT2D eigenvalue weighted by Gasteiger charge is 2.30. The summed E-state index contributed by atoms with van der Waals surface area (Å²) < 4.78 is 35.2. The second-order valence-electron chi connectivity index (χ2n) is 16.4. The van der Waals surface area contributed by atoms with Crippen LogP contribution in [0.4, 0.5) is 8.78 Å². The van der Waals surface area contributed by atoms with E-state index in [2.05, 4.69) is 41.2 Å². The Hall–Kier alpha value is -6.90. The first kappa shape index (κ1) is 45.7. The molecule has 3 heterocycles. The van der Waals surface area contributed by atoms with Gasteiger partial charge in [-0.25, -0.2) is 18.4 Å². The summed E-state index contributed by atoms with van der Waals surface area (Å²) in [6.45, 7) is 6.50. The monoisotopic (exact) mass is 922 g/mol. The third kappa shape index (κ3) is 9.85. The highest BCUT2D eigenvalue weighted by molar-refractivity contribution is 7.13. The summed E-state index contributed by atoms with van der Waals surface area (Å²) in [4.78, 5) is 55.2. The molecule has 6 aromatic rings. The Bertz CT molecular complexity index is 3020. The number of benzene rings is 4. The van der Waals surface area contributed by atoms with Crippen LogP contribution in [0.3, 0.4) is 0 Å². The number of thiophene rings is 2. The molecule has 0 spiro atoms. The summed E-state index contributed by atoms with van der Waals surface area (Å²) in [5.74, 6) is 8.95. The fraction of sp³-hybridized carbons (Fsp3) is 0.245. The van der Waals surface area contributed by atoms with Crippen molar-refractivity contribution in [2.75, 3.05) is 6.61 Å². The second kappa shape index (κ2) is 19.7. The molecular weight excluding hydrogens is 879 g/mol. The van der Waals surface area contributed by atoms with Crippen LogP contribution < -0.4 is 10.6 Å². The maximum Gasteiger partial charge on any atom is 0.336 e. The van der Waals surface area contributed by atoms with E-state index in [1.54, 1.807) is 50.2 Å². The minimum absolute atomic E-state index is 0.00473. The van der Waals surface area contributed by atoms with Gasteiger partial charge in [-0.05, 0) is 152 Å². The summed E-state index contributed by atoms with van der Waals surface area (Å²) >= 11 is 2.85. The molecule has 0 saturated heterocycles. The van der Waals surface area contributed by atoms with Gasteiger partial charge >= 0.3 is 11.9 Å². The van der Waals surface area contributed by atoms with E-state index in [0.717, 1.165) is 52.1 Å². The van der Waals surface area contributed by atoms with Gasteiger partial charge in [-0.3, -0.25) is 9.59 Å². The van der Waals surface area contributed by atoms with Crippen LogP contribution in [0.2, 0.25) is 0 Å². The number of aromatic carboxylic acids is 2. The fourth-order valence-corrected chi connectivity index (χ4v) is 10.8. The van der Waals surface area contributed by atoms with Crippen LogP contribution in [-0.4, -0.2) is 40.6 Å². The Balaban J connectivity index is 1.08. The minimum atomic E-state index is -1.27. The lowest BCUT2D eigenvalue weighted by atomic mass is 9.85. The van der Waals surface area contributed by atoms with Crippen molar-refractivity contribution in [2.45, 2.75) is 71.6 Å². The highest BCUT2D eigenvalue weighted by Crippen LogP contribution is 2.38. The summed E-state index contributed by atoms with van der Waals surface area (Å²) in [7, 11) is 0. The maximum absolute atomic E-state index is 15.9. The van der Waals surface area contributed by atoms with Gasteiger partial charge in [0.25, 0.3) is 11.8 Å². The van der Waals surface area contributed by atoms with Gasteiger partial charge in [0.2, 0.25) is 0 Å². The summed E-state index contributed by atoms with van der Waals surface area (Å²) in [6, 6.07) is 19.8. The molecule has 4 aromatic carbocycles. The molecule has 1 unspecified atom stereocenters. The lowest BCUT2D eigenvalue weighted by molar-refractivity contribution is 0.0686. The number of halogens is 2. The molecule has 0 fully saturated rings. The van der Waals surface area contributed by atoms with E-state index < -0.39 is 29.8 Å². The average Bonchev–Trinajstić information content (AvgIpc) is 3.88. The Kier molecular flexibility index (Phi) is 13.6. The molecule has 2 aromatic heterocycles. The largest absolute Gasteiger partial charge is 0.478 e. The molecule has 13 heteroatoms. The van der Waals surface area contributed by atoms with Crippen LogP contribution in [0.5, 0.6) is 0 Å². The number of carboxylic acids is 2. The van der Waals surface area contributed by atoms with Crippen LogP contribution in [0.25, 0.3) is 11.1 Å². The molecule has 4 N–H and O–H groups in total. The van der Waals surface area contributed by atoms with Crippen molar-refractivity contribution in [2.24, 2.45) is 5.92 Å². The second-order valence-corrected chi connectivity index (χ2v) is 18.6. The lowest BCUT2D eigenvalue weighted by Gasteiger charge is -2.22. The van der Waals surface area contributed by atoms with Gasteiger partial charge in [0, 0.05) is 26.4 Å². The van der Waals surface area contributed by atoms with E-state index >= 15 is 4.39 Å². The predicted octanol–water partition coefficient (Wildman–Crippen LogP) is 10.5. The smallest absolute Gasteiger partial charge is 0.336 e. The fourth-order valence-electron chi connectivity index (χ4n) is 8.35. The normalized spacial score (nSPS) is 14.8. The maximum atomic E-state index is 15.9. The summed E-state index contributed by atoms with van der Waals surface area (Å²) in [6.07, 6.45) is 4.07. The number of fused-ring (bicyclic) bond motifs is 2. The van der Waals surface area contributed by atoms with Gasteiger partial charge < -0.3 is 25.6 Å². The first-order chi connectivity index (χ1) is 31.8. The Morgan fingerprint density at radius 3 is 1.97 bits per heavy atom. The first-order valence-corrected chi connectivity index (χ1v) is 23.2. The molecule has 3 atom stereocenters. The quantitative estimate of drug-likeness (QED) is 0.100. The van der Waals surface area contributed by atoms with E-state index in [9.17, 15) is 33.8 Å². The molecule has 2 amide bonds. The van der Waals surface area contributed by atoms with Gasteiger partial charge in [-0.1, -0.05) is 43.4 Å². The van der Waals surface area contributed by atoms with Gasteiger partial charge in [-0.15, -0.1) is 22.7 Å². The van der Waals surface area contributed by atoms with Crippen LogP contribution in [0.15, 0.2) is 84.9 Å². The number of carboxylic acid groups (broad SMARTS) is 2. The molecule has 1 aliphatic carbocycles. The summed E-state index contributed by atoms with van der Waals surface area (Å²) in [5, 5.41) is 25.7. The van der Waals surface area contributed by atoms with Crippen LogP contribution in [0, 0.1) is 41.2 Å². The van der Waals surface area contributed by atoms with Gasteiger partial charge in [-0.2, -0.15) is 0 Å². The van der Waals surface area contributed by atoms with E-state index in [1.807, 2.05) is 0 Å². The Labute approximate surface area is 388 Å². The lowest BCUT2D eigenvalue weighted by Crippen LogP contribution is -2.28. The molecule has 2 aliphatic rings. The number of nitrogens with one attached hydrogen (secondary N) is 2. The molecule has 8 rings (SSSR count). The molecule has 0 bridgehead atoms. The van der Waals surface area contributed by atoms with Crippen molar-refractivity contribution in [3.05, 3.63) is 172 Å². The number of carbonyl (C=O) groups excluding carboxylic acids is 2. The molecule has 9 nitrogen and oxygen atoms in total. The molecule has 0 radical (unpaired) electrons. The number of hydrogen-bond acceptors (Lipinski definition) is 7. The SMILES string of the molecule is CCC1CCc2c(sc(C#Cc3ccc(F)cc3)c2C(=O)N[C@@H](C)c2ccc(C(=O)O)c(-c3cc(C#Cc4sc5c(c4C(=O)N[C@@H](C)c4ccc(C(=O)O)cc4)CCOC5)ccc3F)c2)C1. The van der Waals surface area contributed by atoms with Crippen LogP contribution in [0.1, 0.15) is 140 Å². The topological polar surface area (TPSA) is 142 Å². The van der Waals surface area contributed by atoms with E-state index in [4.69, 9.17) is 4.74 Å². The van der Waals surface area contributed by atoms with Crippen molar-refractivity contribution in [3.63, 3.8) is 0 Å². The molecule has 0 saturated carbocycles. The van der Waals surface area contributed by atoms with Crippen molar-refractivity contribution in [3.8, 4) is 34.8 Å². The standard InChI is InChI=1S/C53H44F2N2O7S2/c1-4-31-7-18-39-46(26-31)65-44(21-9-32-5-16-37(54)17-6-32)48(39)50(58)57-30(3)36-15-19-38(53(62)63)41(27-36)42-25-33(8-20-43(42)55)10-22-45-49(40-23-24-64-28-47(40)66-45)51(59)56-29(2)34-11-13-35(14-12-34)52(60)61/h5-6,8,11-17,19-20,25,27,29-31H,4,7,18,23-24,26,28H2,1-3H3,(H,56,59)(H,57,58)(H,60,61)(H,62,63)/t29-,30-,31?/m0/s1. The Morgan fingerprint density at radius 2 is 1.32 bits per heavy atom. The zero-order valence-corrected chi connectivity index (χ0v) is 37.9. The highest BCUT2D eigenvalue weighted by atomic mass is 32.1. The number of ether oxygens (including phenoxy) is 1. The van der Waals surface area contributed by atoms with Crippen molar-refractivity contribution < 1.29 is 42.9 Å². The first-order valence-electron chi connectivity index (χ1n) is 21.6. The zero-order valence-electron chi connectivity index (χ0n) is 36.3. The zero-order chi connectivity index (χ0) is 46.6. The van der Waals surface area contributed by atoms with Gasteiger partial charge in [0.05, 0.1) is 57.3 Å². The van der Waals surface area contributed by atoms with Crippen LogP contribution in [-0.2, 0) is 30.6 Å². The predicted molar refractivity (Wildman–Crippen MR) is 250 cm³/mol. The molecule has 334 valence electrons. The number of amides is 2. The summed E-state index contributed by atoms with van der Waals surface area (Å²) in [5.41, 5.74) is 5.07. The van der Waals surface area contributed by atoms with E-state index in [-0.39, 0.29) is 39.9 Å².